The zero-order valence-corrected chi connectivity index (χ0v) is 11.5. The Morgan fingerprint density at radius 2 is 2.16 bits per heavy atom. The van der Waals surface area contributed by atoms with Crippen LogP contribution in [0.2, 0.25) is 10.2 Å². The monoisotopic (exact) mass is 302 g/mol. The smallest absolute Gasteiger partial charge is 0.308 e. The van der Waals surface area contributed by atoms with Crippen molar-refractivity contribution < 1.29 is 14.7 Å². The highest BCUT2D eigenvalue weighted by Crippen LogP contribution is 2.23. The van der Waals surface area contributed by atoms with E-state index in [1.807, 2.05) is 0 Å². The van der Waals surface area contributed by atoms with Gasteiger partial charge in [0.2, 0.25) is 0 Å². The maximum absolute atomic E-state index is 12.3. The molecule has 0 radical (unpaired) electrons. The van der Waals surface area contributed by atoms with Gasteiger partial charge in [-0.2, -0.15) is 0 Å². The van der Waals surface area contributed by atoms with E-state index in [1.54, 1.807) is 0 Å². The standard InChI is InChI=1S/C12H12Cl2N2O3/c13-9-5-15-10(14)4-8(9)11(17)16-3-1-2-7(6-16)12(18)19/h4-5,7H,1-3,6H2,(H,18,19)/t7-/m1/s1. The molecular formula is C12H12Cl2N2O3. The van der Waals surface area contributed by atoms with Crippen molar-refractivity contribution in [1.82, 2.24) is 9.88 Å². The number of piperidine rings is 1. The van der Waals surface area contributed by atoms with E-state index in [0.717, 1.165) is 0 Å². The van der Waals surface area contributed by atoms with Gasteiger partial charge in [0.05, 0.1) is 16.5 Å². The number of aromatic nitrogens is 1. The first-order valence-corrected chi connectivity index (χ1v) is 6.57. The zero-order valence-electron chi connectivity index (χ0n) is 9.97. The molecule has 1 N–H and O–H groups in total. The molecule has 0 saturated carbocycles. The van der Waals surface area contributed by atoms with Crippen LogP contribution in [0.3, 0.4) is 0 Å². The molecule has 2 heterocycles. The molecular weight excluding hydrogens is 291 g/mol. The van der Waals surface area contributed by atoms with E-state index in [-0.39, 0.29) is 28.2 Å². The number of pyridine rings is 1. The zero-order chi connectivity index (χ0) is 14.0. The predicted molar refractivity (Wildman–Crippen MR) is 70.5 cm³/mol. The van der Waals surface area contributed by atoms with Crippen LogP contribution in [0, 0.1) is 5.92 Å². The van der Waals surface area contributed by atoms with Crippen molar-refractivity contribution in [2.75, 3.05) is 13.1 Å². The second kappa shape index (κ2) is 5.75. The first-order valence-electron chi connectivity index (χ1n) is 5.82. The van der Waals surface area contributed by atoms with Crippen molar-refractivity contribution in [3.05, 3.63) is 28.0 Å². The lowest BCUT2D eigenvalue weighted by Crippen LogP contribution is -2.42. The third-order valence-electron chi connectivity index (χ3n) is 3.11. The summed E-state index contributed by atoms with van der Waals surface area (Å²) in [6, 6.07) is 1.40. The van der Waals surface area contributed by atoms with E-state index in [0.29, 0.717) is 19.4 Å². The van der Waals surface area contributed by atoms with Gasteiger partial charge in [0.1, 0.15) is 5.15 Å². The quantitative estimate of drug-likeness (QED) is 0.851. The van der Waals surface area contributed by atoms with Crippen LogP contribution < -0.4 is 0 Å². The van der Waals surface area contributed by atoms with Crippen LogP contribution in [-0.2, 0) is 4.79 Å². The number of nitrogens with zero attached hydrogens (tertiary/aromatic N) is 2. The predicted octanol–water partition coefficient (Wildman–Crippen LogP) is 2.33. The number of hydrogen-bond donors (Lipinski definition) is 1. The highest BCUT2D eigenvalue weighted by molar-refractivity contribution is 6.35. The molecule has 0 unspecified atom stereocenters. The fourth-order valence-corrected chi connectivity index (χ4v) is 2.45. The summed E-state index contributed by atoms with van der Waals surface area (Å²) in [6.07, 6.45) is 2.57. The van der Waals surface area contributed by atoms with Gasteiger partial charge in [-0.05, 0) is 18.9 Å². The second-order valence-corrected chi connectivity index (χ2v) is 5.21. The molecule has 0 aromatic carbocycles. The minimum atomic E-state index is -0.878. The maximum atomic E-state index is 12.3. The Morgan fingerprint density at radius 1 is 1.42 bits per heavy atom. The number of likely N-dealkylation sites (tertiary alicyclic amines) is 1. The van der Waals surface area contributed by atoms with Crippen LogP contribution in [0.5, 0.6) is 0 Å². The third-order valence-corrected chi connectivity index (χ3v) is 3.62. The minimum Gasteiger partial charge on any atom is -0.481 e. The number of rotatable bonds is 2. The number of carboxylic acid groups (broad SMARTS) is 1. The Morgan fingerprint density at radius 3 is 2.84 bits per heavy atom. The van der Waals surface area contributed by atoms with E-state index in [2.05, 4.69) is 4.98 Å². The minimum absolute atomic E-state index is 0.180. The van der Waals surface area contributed by atoms with Gasteiger partial charge in [-0.15, -0.1) is 0 Å². The van der Waals surface area contributed by atoms with Crippen molar-refractivity contribution in [3.63, 3.8) is 0 Å². The van der Waals surface area contributed by atoms with Gasteiger partial charge in [0.25, 0.3) is 5.91 Å². The molecule has 1 saturated heterocycles. The lowest BCUT2D eigenvalue weighted by Gasteiger charge is -2.30. The molecule has 1 aliphatic rings. The number of carbonyl (C=O) groups is 2. The van der Waals surface area contributed by atoms with E-state index in [4.69, 9.17) is 28.3 Å². The number of amides is 1. The van der Waals surface area contributed by atoms with Crippen LogP contribution in [-0.4, -0.2) is 40.0 Å². The molecule has 1 atom stereocenters. The van der Waals surface area contributed by atoms with Crippen LogP contribution in [0.15, 0.2) is 12.3 Å². The summed E-state index contributed by atoms with van der Waals surface area (Å²) in [6.45, 7) is 0.726. The maximum Gasteiger partial charge on any atom is 0.308 e. The van der Waals surface area contributed by atoms with Gasteiger partial charge < -0.3 is 10.0 Å². The normalized spacial score (nSPS) is 19.3. The molecule has 7 heteroatoms. The molecule has 102 valence electrons. The summed E-state index contributed by atoms with van der Waals surface area (Å²) in [7, 11) is 0. The first kappa shape index (κ1) is 14.1. The van der Waals surface area contributed by atoms with E-state index >= 15 is 0 Å². The molecule has 19 heavy (non-hydrogen) atoms. The van der Waals surface area contributed by atoms with E-state index < -0.39 is 11.9 Å². The van der Waals surface area contributed by atoms with Crippen LogP contribution in [0.4, 0.5) is 0 Å². The van der Waals surface area contributed by atoms with Gasteiger partial charge >= 0.3 is 5.97 Å². The highest BCUT2D eigenvalue weighted by Gasteiger charge is 2.29. The summed E-state index contributed by atoms with van der Waals surface area (Å²) in [5.41, 5.74) is 0.257. The van der Waals surface area contributed by atoms with Crippen molar-refractivity contribution in [3.8, 4) is 0 Å². The topological polar surface area (TPSA) is 70.5 Å². The molecule has 0 bridgehead atoms. The van der Waals surface area contributed by atoms with Crippen molar-refractivity contribution in [1.29, 1.82) is 0 Å². The van der Waals surface area contributed by atoms with Gasteiger partial charge in [-0.1, -0.05) is 23.2 Å². The lowest BCUT2D eigenvalue weighted by molar-refractivity contribution is -0.143. The summed E-state index contributed by atoms with van der Waals surface area (Å²) >= 11 is 11.7. The number of carbonyl (C=O) groups excluding carboxylic acids is 1. The van der Waals surface area contributed by atoms with Crippen LogP contribution in [0.1, 0.15) is 23.2 Å². The van der Waals surface area contributed by atoms with Crippen molar-refractivity contribution in [2.24, 2.45) is 5.92 Å². The fourth-order valence-electron chi connectivity index (χ4n) is 2.11. The molecule has 1 aromatic heterocycles. The molecule has 0 aliphatic carbocycles. The Labute approximate surface area is 120 Å². The van der Waals surface area contributed by atoms with Crippen molar-refractivity contribution in [2.45, 2.75) is 12.8 Å². The lowest BCUT2D eigenvalue weighted by atomic mass is 9.98. The van der Waals surface area contributed by atoms with E-state index in [1.165, 1.54) is 17.2 Å². The number of halogens is 2. The first-order chi connectivity index (χ1) is 8.99. The van der Waals surface area contributed by atoms with Gasteiger partial charge in [0, 0.05) is 19.3 Å². The second-order valence-electron chi connectivity index (χ2n) is 4.42. The van der Waals surface area contributed by atoms with Gasteiger partial charge in [0.15, 0.2) is 0 Å². The Balaban J connectivity index is 2.19. The fraction of sp³-hybridized carbons (Fsp3) is 0.417. The Bertz CT molecular complexity index is 522. The molecule has 5 nitrogen and oxygen atoms in total. The largest absolute Gasteiger partial charge is 0.481 e. The van der Waals surface area contributed by atoms with Gasteiger partial charge in [-0.25, -0.2) is 4.98 Å². The summed E-state index contributed by atoms with van der Waals surface area (Å²) in [5, 5.41) is 9.41. The molecule has 0 spiro atoms. The molecule has 1 amide bonds. The molecule has 1 aromatic rings. The third kappa shape index (κ3) is 3.16. The number of aliphatic carboxylic acids is 1. The highest BCUT2D eigenvalue weighted by atomic mass is 35.5. The average Bonchev–Trinajstić information content (AvgIpc) is 2.41. The van der Waals surface area contributed by atoms with Crippen molar-refractivity contribution >= 4 is 35.1 Å². The molecule has 1 fully saturated rings. The number of carboxylic acids is 1. The van der Waals surface area contributed by atoms with Gasteiger partial charge in [-0.3, -0.25) is 9.59 Å². The summed E-state index contributed by atoms with van der Waals surface area (Å²) in [4.78, 5) is 28.6. The molecule has 1 aliphatic heterocycles. The van der Waals surface area contributed by atoms with Crippen LogP contribution >= 0.6 is 23.2 Å². The van der Waals surface area contributed by atoms with E-state index in [9.17, 15) is 9.59 Å². The average molecular weight is 303 g/mol. The summed E-state index contributed by atoms with van der Waals surface area (Å²) < 4.78 is 0. The Hall–Kier alpha value is -1.33. The number of hydrogen-bond acceptors (Lipinski definition) is 3. The molecule has 2 rings (SSSR count). The Kier molecular flexibility index (Phi) is 4.27. The SMILES string of the molecule is O=C(O)[C@@H]1CCCN(C(=O)c2cc(Cl)ncc2Cl)C1. The summed E-state index contributed by atoms with van der Waals surface area (Å²) in [5.74, 6) is -1.70. The van der Waals surface area contributed by atoms with Crippen LogP contribution in [0.25, 0.3) is 0 Å².